The Hall–Kier alpha value is -3.99. The molecular formula is C23H22N4O4. The first kappa shape index (κ1) is 20.3. The number of nitriles is 1. The van der Waals surface area contributed by atoms with Gasteiger partial charge in [-0.05, 0) is 36.4 Å². The highest BCUT2D eigenvalue weighted by Crippen LogP contribution is 2.33. The third kappa shape index (κ3) is 4.03. The fraction of sp³-hybridized carbons (Fsp3) is 0.261. The van der Waals surface area contributed by atoms with Crippen LogP contribution in [0, 0.1) is 11.3 Å². The van der Waals surface area contributed by atoms with Crippen LogP contribution in [0.2, 0.25) is 0 Å². The maximum Gasteiger partial charge on any atom is 0.253 e. The van der Waals surface area contributed by atoms with Crippen LogP contribution >= 0.6 is 0 Å². The fourth-order valence-electron chi connectivity index (χ4n) is 3.56. The Morgan fingerprint density at radius 1 is 1.03 bits per heavy atom. The average Bonchev–Trinajstić information content (AvgIpc) is 3.28. The summed E-state index contributed by atoms with van der Waals surface area (Å²) in [5.41, 5.74) is 1.52. The molecule has 4 rings (SSSR count). The van der Waals surface area contributed by atoms with Crippen molar-refractivity contribution < 1.29 is 18.7 Å². The molecule has 1 amide bonds. The predicted octanol–water partition coefficient (Wildman–Crippen LogP) is 3.19. The standard InChI is InChI=1S/C23H22N4O4/c1-29-17-9-7-16(8-10-17)22(28)26-11-13-27(14-12-26)23-19(15-24)25-21(31-23)18-5-3-4-6-20(18)30-2/h3-10H,11-14H2,1-2H3. The highest BCUT2D eigenvalue weighted by molar-refractivity contribution is 5.94. The molecule has 0 N–H and O–H groups in total. The summed E-state index contributed by atoms with van der Waals surface area (Å²) >= 11 is 0. The van der Waals surface area contributed by atoms with Gasteiger partial charge in [0.25, 0.3) is 5.91 Å². The van der Waals surface area contributed by atoms with Crippen molar-refractivity contribution in [1.29, 1.82) is 5.26 Å². The maximum absolute atomic E-state index is 12.8. The number of hydrogen-bond donors (Lipinski definition) is 0. The molecule has 1 aliphatic rings. The van der Waals surface area contributed by atoms with E-state index in [-0.39, 0.29) is 11.6 Å². The highest BCUT2D eigenvalue weighted by atomic mass is 16.5. The fourth-order valence-corrected chi connectivity index (χ4v) is 3.56. The first-order valence-corrected chi connectivity index (χ1v) is 9.87. The minimum Gasteiger partial charge on any atom is -0.497 e. The summed E-state index contributed by atoms with van der Waals surface area (Å²) in [6, 6.07) is 16.5. The molecule has 0 aliphatic carbocycles. The largest absolute Gasteiger partial charge is 0.497 e. The zero-order valence-electron chi connectivity index (χ0n) is 17.4. The number of oxazole rings is 1. The van der Waals surface area contributed by atoms with Crippen molar-refractivity contribution in [3.05, 3.63) is 59.8 Å². The summed E-state index contributed by atoms with van der Waals surface area (Å²) in [6.07, 6.45) is 0. The van der Waals surface area contributed by atoms with Gasteiger partial charge in [0.05, 0.1) is 19.8 Å². The van der Waals surface area contributed by atoms with Crippen LogP contribution in [0.1, 0.15) is 16.1 Å². The normalized spacial score (nSPS) is 13.6. The summed E-state index contributed by atoms with van der Waals surface area (Å²) in [5.74, 6) is 2.05. The Morgan fingerprint density at radius 3 is 2.39 bits per heavy atom. The second-order valence-corrected chi connectivity index (χ2v) is 6.99. The van der Waals surface area contributed by atoms with Crippen molar-refractivity contribution in [3.63, 3.8) is 0 Å². The van der Waals surface area contributed by atoms with E-state index >= 15 is 0 Å². The van der Waals surface area contributed by atoms with E-state index in [0.717, 1.165) is 0 Å². The van der Waals surface area contributed by atoms with Crippen molar-refractivity contribution in [2.24, 2.45) is 0 Å². The number of benzene rings is 2. The van der Waals surface area contributed by atoms with Crippen molar-refractivity contribution in [2.75, 3.05) is 45.3 Å². The van der Waals surface area contributed by atoms with Crippen molar-refractivity contribution in [2.45, 2.75) is 0 Å². The van der Waals surface area contributed by atoms with Gasteiger partial charge in [-0.25, -0.2) is 0 Å². The molecule has 31 heavy (non-hydrogen) atoms. The minimum atomic E-state index is -0.0323. The van der Waals surface area contributed by atoms with Crippen molar-refractivity contribution in [3.8, 4) is 29.0 Å². The quantitative estimate of drug-likeness (QED) is 0.628. The summed E-state index contributed by atoms with van der Waals surface area (Å²) in [7, 11) is 3.17. The Morgan fingerprint density at radius 2 is 1.74 bits per heavy atom. The maximum atomic E-state index is 12.8. The molecule has 1 fully saturated rings. The van der Waals surface area contributed by atoms with Gasteiger partial charge < -0.3 is 23.7 Å². The van der Waals surface area contributed by atoms with Crippen LogP contribution in [0.25, 0.3) is 11.5 Å². The number of ether oxygens (including phenoxy) is 2. The first-order chi connectivity index (χ1) is 15.1. The van der Waals surface area contributed by atoms with E-state index < -0.39 is 0 Å². The van der Waals surface area contributed by atoms with E-state index in [9.17, 15) is 10.1 Å². The number of nitrogens with zero attached hydrogens (tertiary/aromatic N) is 4. The molecule has 1 saturated heterocycles. The molecule has 0 unspecified atom stereocenters. The molecule has 0 spiro atoms. The lowest BCUT2D eigenvalue weighted by atomic mass is 10.1. The van der Waals surface area contributed by atoms with E-state index in [4.69, 9.17) is 13.9 Å². The number of para-hydroxylation sites is 1. The van der Waals surface area contributed by atoms with Crippen LogP contribution in [-0.4, -0.2) is 56.2 Å². The number of aromatic nitrogens is 1. The Kier molecular flexibility index (Phi) is 5.76. The summed E-state index contributed by atoms with van der Waals surface area (Å²) < 4.78 is 16.5. The number of amides is 1. The second kappa shape index (κ2) is 8.79. The number of carbonyl (C=O) groups is 1. The van der Waals surface area contributed by atoms with Crippen LogP contribution in [-0.2, 0) is 0 Å². The van der Waals surface area contributed by atoms with Crippen molar-refractivity contribution >= 4 is 11.8 Å². The third-order valence-electron chi connectivity index (χ3n) is 5.24. The minimum absolute atomic E-state index is 0.0323. The topological polar surface area (TPSA) is 91.8 Å². The Labute approximate surface area is 180 Å². The molecule has 2 heterocycles. The number of anilines is 1. The first-order valence-electron chi connectivity index (χ1n) is 9.87. The zero-order valence-corrected chi connectivity index (χ0v) is 17.4. The second-order valence-electron chi connectivity index (χ2n) is 6.99. The summed E-state index contributed by atoms with van der Waals surface area (Å²) in [4.78, 5) is 20.9. The van der Waals surface area contributed by atoms with Gasteiger partial charge in [-0.3, -0.25) is 4.79 Å². The zero-order chi connectivity index (χ0) is 21.8. The molecule has 0 bridgehead atoms. The van der Waals surface area contributed by atoms with Gasteiger partial charge >= 0.3 is 0 Å². The summed E-state index contributed by atoms with van der Waals surface area (Å²) in [6.45, 7) is 2.11. The predicted molar refractivity (Wildman–Crippen MR) is 114 cm³/mol. The Bertz CT molecular complexity index is 1110. The molecule has 1 aromatic heterocycles. The van der Waals surface area contributed by atoms with Gasteiger partial charge in [0, 0.05) is 31.7 Å². The average molecular weight is 418 g/mol. The molecular weight excluding hydrogens is 396 g/mol. The van der Waals surface area contributed by atoms with E-state index in [1.165, 1.54) is 0 Å². The monoisotopic (exact) mass is 418 g/mol. The molecule has 0 saturated carbocycles. The SMILES string of the molecule is COc1ccc(C(=O)N2CCN(c3oc(-c4ccccc4OC)nc3C#N)CC2)cc1. The van der Waals surface area contributed by atoms with Gasteiger partial charge in [-0.15, -0.1) is 0 Å². The highest BCUT2D eigenvalue weighted by Gasteiger charge is 2.27. The van der Waals surface area contributed by atoms with Gasteiger partial charge in [-0.1, -0.05) is 12.1 Å². The van der Waals surface area contributed by atoms with Crippen LogP contribution in [0.4, 0.5) is 5.88 Å². The number of hydrogen-bond acceptors (Lipinski definition) is 7. The lowest BCUT2D eigenvalue weighted by Gasteiger charge is -2.34. The van der Waals surface area contributed by atoms with Crippen LogP contribution in [0.15, 0.2) is 52.9 Å². The molecule has 158 valence electrons. The molecule has 2 aromatic carbocycles. The molecule has 0 atom stereocenters. The van der Waals surface area contributed by atoms with Gasteiger partial charge in [0.2, 0.25) is 17.5 Å². The van der Waals surface area contributed by atoms with Crippen LogP contribution in [0.3, 0.4) is 0 Å². The lowest BCUT2D eigenvalue weighted by molar-refractivity contribution is 0.0745. The lowest BCUT2D eigenvalue weighted by Crippen LogP contribution is -2.48. The van der Waals surface area contributed by atoms with E-state index in [1.807, 2.05) is 29.2 Å². The van der Waals surface area contributed by atoms with Crippen LogP contribution in [0.5, 0.6) is 11.5 Å². The van der Waals surface area contributed by atoms with Gasteiger partial charge in [0.15, 0.2) is 0 Å². The molecule has 1 aliphatic heterocycles. The molecule has 8 nitrogen and oxygen atoms in total. The number of piperazine rings is 1. The molecule has 3 aromatic rings. The van der Waals surface area contributed by atoms with E-state index in [2.05, 4.69) is 11.1 Å². The van der Waals surface area contributed by atoms with E-state index in [1.54, 1.807) is 43.4 Å². The number of methoxy groups -OCH3 is 2. The van der Waals surface area contributed by atoms with Gasteiger partial charge in [0.1, 0.15) is 17.6 Å². The van der Waals surface area contributed by atoms with Crippen LogP contribution < -0.4 is 14.4 Å². The smallest absolute Gasteiger partial charge is 0.253 e. The van der Waals surface area contributed by atoms with Crippen molar-refractivity contribution in [1.82, 2.24) is 9.88 Å². The van der Waals surface area contributed by atoms with Gasteiger partial charge in [-0.2, -0.15) is 10.2 Å². The number of rotatable bonds is 5. The summed E-state index contributed by atoms with van der Waals surface area (Å²) in [5, 5.41) is 9.56. The van der Waals surface area contributed by atoms with E-state index in [0.29, 0.717) is 60.6 Å². The Balaban J connectivity index is 1.49. The molecule has 0 radical (unpaired) electrons. The third-order valence-corrected chi connectivity index (χ3v) is 5.24. The molecule has 8 heteroatoms. The number of carbonyl (C=O) groups excluding carboxylic acids is 1.